The lowest BCUT2D eigenvalue weighted by atomic mass is 10.0. The van der Waals surface area contributed by atoms with Crippen molar-refractivity contribution in [2.75, 3.05) is 34.5 Å². The zero-order chi connectivity index (χ0) is 86.4. The van der Waals surface area contributed by atoms with E-state index in [0.29, 0.717) is 31.0 Å². The summed E-state index contributed by atoms with van der Waals surface area (Å²) in [7, 11) is 0. The van der Waals surface area contributed by atoms with E-state index >= 15 is 0 Å². The molecule has 0 aromatic heterocycles. The van der Waals surface area contributed by atoms with E-state index in [4.69, 9.17) is 28.4 Å². The normalized spacial score (nSPS) is 11.5. The van der Waals surface area contributed by atoms with Crippen molar-refractivity contribution in [1.82, 2.24) is 0 Å². The predicted molar refractivity (Wildman–Crippen MR) is 502 cm³/mol. The van der Waals surface area contributed by atoms with Crippen LogP contribution in [-0.2, 0) is 67.1 Å². The van der Waals surface area contributed by atoms with E-state index in [1.54, 1.807) is 27.7 Å². The second-order valence-electron chi connectivity index (χ2n) is 31.4. The molecule has 622 valence electrons. The molecule has 0 spiro atoms. The molecule has 0 saturated carbocycles. The van der Waals surface area contributed by atoms with Crippen LogP contribution >= 0.6 is 0 Å². The van der Waals surface area contributed by atoms with E-state index in [-0.39, 0.29) is 18.3 Å². The molecule has 13 rings (SSSR count). The number of carbonyl (C=O) groups excluding carboxylic acids is 3. The molecule has 0 amide bonds. The van der Waals surface area contributed by atoms with Crippen molar-refractivity contribution in [2.24, 2.45) is 0 Å². The first kappa shape index (κ1) is 89.1. The molecule has 0 N–H and O–H groups in total. The highest BCUT2D eigenvalue weighted by Crippen LogP contribution is 2.39. The van der Waals surface area contributed by atoms with E-state index in [9.17, 15) is 14.4 Å². The van der Waals surface area contributed by atoms with Gasteiger partial charge in [0.2, 0.25) is 0 Å². The lowest BCUT2D eigenvalue weighted by Gasteiger charge is -2.26. The summed E-state index contributed by atoms with van der Waals surface area (Å²) in [5.74, 6) is 1.03. The van der Waals surface area contributed by atoms with Crippen LogP contribution in [0.5, 0.6) is 17.2 Å². The zero-order valence-electron chi connectivity index (χ0n) is 72.3. The predicted octanol–water partition coefficient (Wildman–Crippen LogP) is 26.6. The molecule has 0 aliphatic heterocycles. The topological polar surface area (TPSA) is 116 Å². The quantitative estimate of drug-likeness (QED) is 0.0217. The fourth-order valence-electron chi connectivity index (χ4n) is 13.5. The van der Waals surface area contributed by atoms with Crippen molar-refractivity contribution in [3.8, 4) is 28.4 Å². The van der Waals surface area contributed by atoms with Gasteiger partial charge in [0.05, 0.1) is 0 Å². The third kappa shape index (κ3) is 27.2. The van der Waals surface area contributed by atoms with Gasteiger partial charge in [-0.25, -0.2) is 14.4 Å². The van der Waals surface area contributed by atoms with Crippen molar-refractivity contribution >= 4 is 69.1 Å². The Balaban J connectivity index is 0.000000179. The summed E-state index contributed by atoms with van der Waals surface area (Å²) in [5.41, 5.74) is 28.5. The number of ether oxygens (including phenoxy) is 6. The zero-order valence-corrected chi connectivity index (χ0v) is 72.3. The number of anilines is 9. The second kappa shape index (κ2) is 44.4. The Kier molecular flexibility index (Phi) is 32.4. The van der Waals surface area contributed by atoms with Gasteiger partial charge < -0.3 is 43.1 Å². The van der Waals surface area contributed by atoms with E-state index in [2.05, 4.69) is 355 Å². The van der Waals surface area contributed by atoms with Crippen LogP contribution in [0.2, 0.25) is 0 Å². The summed E-state index contributed by atoms with van der Waals surface area (Å²) in [6.45, 7) is 32.9. The lowest BCUT2D eigenvalue weighted by Crippen LogP contribution is -2.22. The van der Waals surface area contributed by atoms with Crippen LogP contribution in [0, 0.1) is 41.5 Å². The minimum atomic E-state index is -0.442. The number of benzene rings is 13. The van der Waals surface area contributed by atoms with Crippen molar-refractivity contribution < 1.29 is 42.8 Å². The fraction of sp³-hybridized carbons (Fsp3) is 0.209. The standard InChI is InChI=1S/C41H41NO3.C35H37NO3.C34H35NO3/c1-29(2)41(43)45-32(5)28-44-40-26-14-34(15-27-40)11-10-33-12-22-38(23-13-33)42(37-20-8-31(4)9-21-37)39-24-18-36(19-25-39)35-16-6-30(3)7-17-35;1-25(2)35(37)39-28(5)24-38-34-22-14-30(15-23-34)11-10-29-12-20-33(21-13-29)36(31-16-6-26(3)7-17-31)32-18-8-27(4)9-19-32;1-5-34(36)38-27(4)24-37-33-22-14-29(15-23-33)11-10-28-12-20-32(21-13-28)35(30-16-6-25(2)7-17-30)31-18-8-26(3)9-19-31/h6-9,12-27,32H,1,10-11,28H2,2-5H3;6-9,12-23,28H,1,10-11,24H2,2-5H3;5-9,12-23,27H,1,10-11,24H2,2-4H3. The first-order valence-corrected chi connectivity index (χ1v) is 41.8. The fourth-order valence-corrected chi connectivity index (χ4v) is 13.5. The average Bonchev–Trinajstić information content (AvgIpc) is 0.842. The molecule has 0 radical (unpaired) electrons. The highest BCUT2D eigenvalue weighted by molar-refractivity contribution is 5.88. The second-order valence-corrected chi connectivity index (χ2v) is 31.4. The molecular weight excluding hydrogens is 1510 g/mol. The molecule has 3 atom stereocenters. The highest BCUT2D eigenvalue weighted by Gasteiger charge is 2.19. The number of hydrogen-bond acceptors (Lipinski definition) is 12. The van der Waals surface area contributed by atoms with Gasteiger partial charge in [-0.15, -0.1) is 0 Å². The number of hydrogen-bond donors (Lipinski definition) is 0. The Morgan fingerprint density at radius 3 is 0.648 bits per heavy atom. The SMILES string of the molecule is C=C(C)C(=O)OC(C)COc1ccc(CCc2ccc(N(c3ccc(C)cc3)c3ccc(-c4ccc(C)cc4)cc3)cc2)cc1.C=C(C)C(=O)OC(C)COc1ccc(CCc2ccc(N(c3ccc(C)cc3)c3ccc(C)cc3)cc2)cc1.C=CC(=O)OC(C)COc1ccc(CCc2ccc(N(c3ccc(C)cc3)c3ccc(C)cc3)cc2)cc1. The van der Waals surface area contributed by atoms with E-state index < -0.39 is 17.9 Å². The highest BCUT2D eigenvalue weighted by atomic mass is 16.6. The van der Waals surface area contributed by atoms with Gasteiger partial charge in [-0.05, 0) is 305 Å². The maximum atomic E-state index is 11.7. The van der Waals surface area contributed by atoms with Crippen LogP contribution in [0.4, 0.5) is 51.2 Å². The van der Waals surface area contributed by atoms with Gasteiger partial charge in [-0.2, -0.15) is 0 Å². The number of aryl methyl sites for hydroxylation is 12. The number of carbonyl (C=O) groups is 3. The Labute approximate surface area is 722 Å². The molecule has 12 heteroatoms. The summed E-state index contributed by atoms with van der Waals surface area (Å²) >= 11 is 0. The van der Waals surface area contributed by atoms with Crippen LogP contribution < -0.4 is 28.9 Å². The van der Waals surface area contributed by atoms with Crippen LogP contribution in [0.25, 0.3) is 11.1 Å². The summed E-state index contributed by atoms with van der Waals surface area (Å²) in [5, 5.41) is 0. The number of esters is 3. The summed E-state index contributed by atoms with van der Waals surface area (Å²) in [4.78, 5) is 41.5. The molecule has 0 bridgehead atoms. The Morgan fingerprint density at radius 2 is 0.443 bits per heavy atom. The Bertz CT molecular complexity index is 5410. The van der Waals surface area contributed by atoms with Gasteiger partial charge in [-0.1, -0.05) is 223 Å². The summed E-state index contributed by atoms with van der Waals surface area (Å²) in [6.07, 6.45) is 5.76. The molecule has 0 aliphatic rings. The molecule has 3 unspecified atom stereocenters. The van der Waals surface area contributed by atoms with Gasteiger partial charge >= 0.3 is 17.9 Å². The van der Waals surface area contributed by atoms with Crippen molar-refractivity contribution in [1.29, 1.82) is 0 Å². The van der Waals surface area contributed by atoms with Crippen molar-refractivity contribution in [2.45, 2.75) is 133 Å². The van der Waals surface area contributed by atoms with Gasteiger partial charge in [-0.3, -0.25) is 0 Å². The first-order valence-electron chi connectivity index (χ1n) is 41.8. The minimum Gasteiger partial charge on any atom is -0.490 e. The van der Waals surface area contributed by atoms with Crippen LogP contribution in [0.3, 0.4) is 0 Å². The summed E-state index contributed by atoms with van der Waals surface area (Å²) in [6, 6.07) is 112. The average molecular weight is 1620 g/mol. The molecule has 13 aromatic rings. The largest absolute Gasteiger partial charge is 0.490 e. The maximum Gasteiger partial charge on any atom is 0.333 e. The molecule has 0 fully saturated rings. The first-order chi connectivity index (χ1) is 58.9. The molecule has 122 heavy (non-hydrogen) atoms. The smallest absolute Gasteiger partial charge is 0.333 e. The molecule has 0 heterocycles. The number of rotatable bonds is 34. The van der Waals surface area contributed by atoms with Gasteiger partial charge in [0.15, 0.2) is 0 Å². The van der Waals surface area contributed by atoms with Gasteiger partial charge in [0, 0.05) is 68.4 Å². The van der Waals surface area contributed by atoms with E-state index in [1.165, 1.54) is 77.9 Å². The third-order valence-electron chi connectivity index (χ3n) is 20.7. The van der Waals surface area contributed by atoms with E-state index in [1.807, 2.05) is 43.3 Å². The molecule has 0 aliphatic carbocycles. The minimum absolute atomic E-state index is 0.293. The summed E-state index contributed by atoms with van der Waals surface area (Å²) < 4.78 is 33.0. The number of nitrogens with zero attached hydrogens (tertiary/aromatic N) is 3. The van der Waals surface area contributed by atoms with E-state index in [0.717, 1.165) is 113 Å². The van der Waals surface area contributed by atoms with Gasteiger partial charge in [0.1, 0.15) is 55.4 Å². The van der Waals surface area contributed by atoms with Crippen LogP contribution in [0.15, 0.2) is 352 Å². The van der Waals surface area contributed by atoms with Crippen molar-refractivity contribution in [3.63, 3.8) is 0 Å². The van der Waals surface area contributed by atoms with Gasteiger partial charge in [0.25, 0.3) is 0 Å². The molecule has 0 saturated heterocycles. The van der Waals surface area contributed by atoms with Crippen molar-refractivity contribution in [3.05, 3.63) is 419 Å². The Morgan fingerprint density at radius 1 is 0.270 bits per heavy atom. The maximum absolute atomic E-state index is 11.7. The molecule has 13 aromatic carbocycles. The monoisotopic (exact) mass is 1620 g/mol. The third-order valence-corrected chi connectivity index (χ3v) is 20.7. The molecular formula is C110H113N3O9. The lowest BCUT2D eigenvalue weighted by molar-refractivity contribution is -0.145. The van der Waals surface area contributed by atoms with Crippen LogP contribution in [-0.4, -0.2) is 56.0 Å². The molecule has 12 nitrogen and oxygen atoms in total. The Hall–Kier alpha value is -13.7. The van der Waals surface area contributed by atoms with Crippen LogP contribution in [0.1, 0.15) is 101 Å².